The molecule has 2 aromatic heterocycles. The van der Waals surface area contributed by atoms with E-state index >= 15 is 0 Å². The van der Waals surface area contributed by atoms with Gasteiger partial charge in [-0.1, -0.05) is 69.4 Å². The van der Waals surface area contributed by atoms with Gasteiger partial charge >= 0.3 is 0 Å². The Hall–Kier alpha value is -2.12. The van der Waals surface area contributed by atoms with Crippen LogP contribution >= 0.6 is 24.0 Å². The Morgan fingerprint density at radius 1 is 1.18 bits per heavy atom. The fourth-order valence-electron chi connectivity index (χ4n) is 3.90. The van der Waals surface area contributed by atoms with Crippen molar-refractivity contribution >= 4 is 50.5 Å². The summed E-state index contributed by atoms with van der Waals surface area (Å²) in [4.78, 5) is 3.30. The molecule has 0 radical (unpaired) electrons. The van der Waals surface area contributed by atoms with Gasteiger partial charge in [0.15, 0.2) is 0 Å². The van der Waals surface area contributed by atoms with Crippen LogP contribution in [0.4, 0.5) is 0 Å². The van der Waals surface area contributed by atoms with Crippen molar-refractivity contribution in [1.29, 1.82) is 0 Å². The van der Waals surface area contributed by atoms with E-state index in [1.807, 2.05) is 27.2 Å². The van der Waals surface area contributed by atoms with Crippen LogP contribution in [0.25, 0.3) is 21.8 Å². The highest BCUT2D eigenvalue weighted by molar-refractivity contribution is 8.20. The van der Waals surface area contributed by atoms with Crippen molar-refractivity contribution in [3.8, 4) is 0 Å². The molecule has 4 aromatic rings. The molecule has 0 saturated carbocycles. The van der Waals surface area contributed by atoms with Gasteiger partial charge in [0.2, 0.25) is 0 Å². The zero-order chi connectivity index (χ0) is 24.1. The summed E-state index contributed by atoms with van der Waals surface area (Å²) in [6.45, 7) is 9.84. The van der Waals surface area contributed by atoms with Gasteiger partial charge in [0.1, 0.15) is 0 Å². The third-order valence-electron chi connectivity index (χ3n) is 5.36. The number of hydrogen-bond acceptors (Lipinski definition) is 4. The van der Waals surface area contributed by atoms with E-state index in [9.17, 15) is 0 Å². The molecule has 178 valence electrons. The molecule has 0 spiro atoms. The molecule has 0 aliphatic carbocycles. The maximum Gasteiger partial charge on any atom is 0.0869 e. The first-order chi connectivity index (χ1) is 16.2. The highest BCUT2D eigenvalue weighted by atomic mass is 32.2. The SMILES string of the molecule is CC.CNCC(C)c1c[nH]c2ccccc12.CSC=S.c1ccc2c(c1)cc1n2CCOC1. The molecule has 1 atom stereocenters. The molecule has 4 nitrogen and oxygen atoms in total. The van der Waals surface area contributed by atoms with Crippen molar-refractivity contribution in [3.05, 3.63) is 72.1 Å². The van der Waals surface area contributed by atoms with Crippen molar-refractivity contribution in [2.75, 3.05) is 26.5 Å². The Morgan fingerprint density at radius 3 is 2.61 bits per heavy atom. The molecule has 3 heterocycles. The molecule has 5 rings (SSSR count). The first-order valence-corrected chi connectivity index (χ1v) is 13.3. The minimum Gasteiger partial charge on any atom is -0.373 e. The first kappa shape index (κ1) is 27.1. The molecule has 1 unspecified atom stereocenters. The fraction of sp³-hybridized carbons (Fsp3) is 0.370. The largest absolute Gasteiger partial charge is 0.373 e. The molecule has 0 saturated heterocycles. The monoisotopic (exact) mass is 483 g/mol. The van der Waals surface area contributed by atoms with Gasteiger partial charge in [0.05, 0.1) is 13.2 Å². The van der Waals surface area contributed by atoms with E-state index in [1.165, 1.54) is 33.1 Å². The predicted molar refractivity (Wildman–Crippen MR) is 151 cm³/mol. The Bertz CT molecular complexity index is 1100. The molecule has 0 fully saturated rings. The van der Waals surface area contributed by atoms with Gasteiger partial charge < -0.3 is 19.6 Å². The van der Waals surface area contributed by atoms with Gasteiger partial charge in [-0.15, -0.1) is 11.8 Å². The number of benzene rings is 2. The van der Waals surface area contributed by atoms with Gasteiger partial charge in [-0.05, 0) is 48.4 Å². The number of ether oxygens (including phenoxy) is 1. The number of likely N-dealkylation sites (N-methyl/N-ethyl adjacent to an activating group) is 1. The maximum atomic E-state index is 5.40. The van der Waals surface area contributed by atoms with E-state index in [1.54, 1.807) is 16.5 Å². The number of nitrogens with one attached hydrogen (secondary N) is 2. The first-order valence-electron chi connectivity index (χ1n) is 11.5. The number of para-hydroxylation sites is 2. The number of fused-ring (bicyclic) bond motifs is 4. The fourth-order valence-corrected chi connectivity index (χ4v) is 3.90. The second-order valence-corrected chi connectivity index (χ2v) is 8.72. The molecule has 1 aliphatic rings. The van der Waals surface area contributed by atoms with Crippen molar-refractivity contribution < 1.29 is 4.74 Å². The number of aromatic nitrogens is 2. The highest BCUT2D eigenvalue weighted by Crippen LogP contribution is 2.24. The summed E-state index contributed by atoms with van der Waals surface area (Å²) >= 11 is 5.94. The van der Waals surface area contributed by atoms with Gasteiger partial charge in [0, 0.05) is 46.1 Å². The average molecular weight is 484 g/mol. The van der Waals surface area contributed by atoms with Crippen molar-refractivity contribution in [2.24, 2.45) is 0 Å². The lowest BCUT2D eigenvalue weighted by atomic mass is 10.0. The molecular formula is C27H37N3OS2. The van der Waals surface area contributed by atoms with Crippen LogP contribution in [0.1, 0.15) is 37.9 Å². The average Bonchev–Trinajstić information content (AvgIpc) is 3.48. The molecule has 0 bridgehead atoms. The predicted octanol–water partition coefficient (Wildman–Crippen LogP) is 7.00. The van der Waals surface area contributed by atoms with E-state index in [-0.39, 0.29) is 0 Å². The Balaban J connectivity index is 0.000000190. The summed E-state index contributed by atoms with van der Waals surface area (Å²) in [6, 6.07) is 19.1. The van der Waals surface area contributed by atoms with Gasteiger partial charge in [-0.2, -0.15) is 0 Å². The second-order valence-electron chi connectivity index (χ2n) is 7.48. The molecule has 2 aromatic carbocycles. The van der Waals surface area contributed by atoms with Crippen LogP contribution in [0.3, 0.4) is 0 Å². The van der Waals surface area contributed by atoms with Gasteiger partial charge in [-0.25, -0.2) is 0 Å². The standard InChI is InChI=1S/C12H16N2.C11H11NO.C2H4S2.C2H6/c1-9(7-13-2)11-8-14-12-6-4-3-5-10(11)12;1-2-4-11-9(3-1)7-10-8-13-6-5-12(10)11;1-4-2-3;1-2/h3-6,8-9,13-14H,7H2,1-2H3;1-4,7H,5-6,8H2;2H,1H3;1-2H3. The lowest BCUT2D eigenvalue weighted by Crippen LogP contribution is -2.15. The third-order valence-corrected chi connectivity index (χ3v) is 6.13. The number of aromatic amines is 1. The van der Waals surface area contributed by atoms with E-state index in [4.69, 9.17) is 4.74 Å². The molecule has 6 heteroatoms. The zero-order valence-corrected chi connectivity index (χ0v) is 22.1. The summed E-state index contributed by atoms with van der Waals surface area (Å²) < 4.78 is 9.38. The van der Waals surface area contributed by atoms with E-state index in [0.29, 0.717) is 5.92 Å². The Morgan fingerprint density at radius 2 is 1.88 bits per heavy atom. The minimum atomic E-state index is 0.552. The van der Waals surface area contributed by atoms with E-state index in [2.05, 4.69) is 94.8 Å². The molecule has 2 N–H and O–H groups in total. The van der Waals surface area contributed by atoms with E-state index < -0.39 is 0 Å². The normalized spacial score (nSPS) is 12.9. The molecule has 0 amide bonds. The number of H-pyrrole nitrogens is 1. The summed E-state index contributed by atoms with van der Waals surface area (Å²) in [5.74, 6) is 0.552. The lowest BCUT2D eigenvalue weighted by Gasteiger charge is -2.16. The third kappa shape index (κ3) is 7.44. The van der Waals surface area contributed by atoms with Gasteiger partial charge in [-0.3, -0.25) is 0 Å². The number of nitrogens with zero attached hydrogens (tertiary/aromatic N) is 1. The van der Waals surface area contributed by atoms with Crippen LogP contribution in [0.5, 0.6) is 0 Å². The van der Waals surface area contributed by atoms with Crippen LogP contribution in [-0.4, -0.2) is 40.7 Å². The Labute approximate surface area is 208 Å². The number of hydrogen-bond donors (Lipinski definition) is 2. The number of thioether (sulfide) groups is 1. The van der Waals surface area contributed by atoms with Crippen molar-refractivity contribution in [3.63, 3.8) is 0 Å². The topological polar surface area (TPSA) is 42.0 Å². The number of rotatable bonds is 4. The molecule has 1 aliphatic heterocycles. The van der Waals surface area contributed by atoms with Crippen LogP contribution in [0, 0.1) is 0 Å². The molecular weight excluding hydrogens is 446 g/mol. The maximum absolute atomic E-state index is 5.40. The summed E-state index contributed by atoms with van der Waals surface area (Å²) in [5.41, 5.74) is 5.26. The smallest absolute Gasteiger partial charge is 0.0869 e. The second kappa shape index (κ2) is 14.9. The zero-order valence-electron chi connectivity index (χ0n) is 20.4. The quantitative estimate of drug-likeness (QED) is 0.307. The Kier molecular flexibility index (Phi) is 12.3. The summed E-state index contributed by atoms with van der Waals surface area (Å²) in [6.07, 6.45) is 4.06. The van der Waals surface area contributed by atoms with Crippen molar-refractivity contribution in [2.45, 2.75) is 39.8 Å². The van der Waals surface area contributed by atoms with Crippen LogP contribution in [-0.2, 0) is 17.9 Å². The van der Waals surface area contributed by atoms with Crippen LogP contribution < -0.4 is 5.32 Å². The van der Waals surface area contributed by atoms with Crippen molar-refractivity contribution in [1.82, 2.24) is 14.9 Å². The van der Waals surface area contributed by atoms with Crippen LogP contribution in [0.15, 0.2) is 60.8 Å². The number of thiocarbonyl (C=S) groups is 1. The van der Waals surface area contributed by atoms with E-state index in [0.717, 1.165) is 26.3 Å². The lowest BCUT2D eigenvalue weighted by molar-refractivity contribution is 0.0865. The minimum absolute atomic E-state index is 0.552. The van der Waals surface area contributed by atoms with Gasteiger partial charge in [0.25, 0.3) is 0 Å². The summed E-state index contributed by atoms with van der Waals surface area (Å²) in [7, 11) is 1.99. The summed E-state index contributed by atoms with van der Waals surface area (Å²) in [5, 5.41) is 5.87. The highest BCUT2D eigenvalue weighted by Gasteiger charge is 2.12. The van der Waals surface area contributed by atoms with Crippen LogP contribution in [0.2, 0.25) is 0 Å². The molecule has 33 heavy (non-hydrogen) atoms.